The summed E-state index contributed by atoms with van der Waals surface area (Å²) in [5, 5.41) is 9.19. The van der Waals surface area contributed by atoms with Gasteiger partial charge < -0.3 is 15.7 Å². The highest BCUT2D eigenvalue weighted by Gasteiger charge is 2.24. The normalized spacial score (nSPS) is 16.2. The van der Waals surface area contributed by atoms with Crippen LogP contribution in [0.1, 0.15) is 25.7 Å². The Balaban J connectivity index is 2.32. The van der Waals surface area contributed by atoms with E-state index in [9.17, 15) is 9.50 Å². The SMILES string of the molecule is Nc1cc(Br)c(F)cc1N(CCO)C1CCCC1. The molecule has 0 bridgehead atoms. The van der Waals surface area contributed by atoms with Gasteiger partial charge in [0.05, 0.1) is 22.5 Å². The molecule has 2 rings (SSSR count). The molecule has 1 aromatic carbocycles. The molecule has 5 heteroatoms. The molecule has 0 radical (unpaired) electrons. The number of hydrogen-bond donors (Lipinski definition) is 2. The van der Waals surface area contributed by atoms with E-state index in [4.69, 9.17) is 5.73 Å². The fraction of sp³-hybridized carbons (Fsp3) is 0.538. The highest BCUT2D eigenvalue weighted by molar-refractivity contribution is 9.10. The first-order chi connectivity index (χ1) is 8.63. The molecule has 3 nitrogen and oxygen atoms in total. The van der Waals surface area contributed by atoms with Gasteiger partial charge in [-0.25, -0.2) is 4.39 Å². The number of benzene rings is 1. The number of nitrogens with zero attached hydrogens (tertiary/aromatic N) is 1. The second-order valence-electron chi connectivity index (χ2n) is 4.68. The van der Waals surface area contributed by atoms with Crippen molar-refractivity contribution in [3.05, 3.63) is 22.4 Å². The minimum atomic E-state index is -0.319. The molecule has 3 N–H and O–H groups in total. The van der Waals surface area contributed by atoms with Crippen LogP contribution in [0.4, 0.5) is 15.8 Å². The number of anilines is 2. The van der Waals surface area contributed by atoms with Crippen LogP contribution in [0.25, 0.3) is 0 Å². The van der Waals surface area contributed by atoms with Crippen molar-refractivity contribution in [2.45, 2.75) is 31.7 Å². The maximum atomic E-state index is 13.7. The van der Waals surface area contributed by atoms with Crippen LogP contribution < -0.4 is 10.6 Å². The van der Waals surface area contributed by atoms with Gasteiger partial charge in [0.1, 0.15) is 5.82 Å². The van der Waals surface area contributed by atoms with Gasteiger partial charge in [-0.3, -0.25) is 0 Å². The molecule has 100 valence electrons. The minimum absolute atomic E-state index is 0.0492. The first kappa shape index (κ1) is 13.6. The zero-order valence-corrected chi connectivity index (χ0v) is 11.8. The maximum absolute atomic E-state index is 13.7. The number of aliphatic hydroxyl groups is 1. The van der Waals surface area contributed by atoms with Crippen LogP contribution in [0.15, 0.2) is 16.6 Å². The Bertz CT molecular complexity index is 422. The molecule has 0 unspecified atom stereocenters. The van der Waals surface area contributed by atoms with Crippen LogP contribution in [0.3, 0.4) is 0 Å². The van der Waals surface area contributed by atoms with Crippen molar-refractivity contribution in [3.8, 4) is 0 Å². The first-order valence-corrected chi connectivity index (χ1v) is 7.05. The van der Waals surface area contributed by atoms with E-state index in [1.807, 2.05) is 4.90 Å². The zero-order valence-electron chi connectivity index (χ0n) is 10.2. The number of aliphatic hydroxyl groups excluding tert-OH is 1. The lowest BCUT2D eigenvalue weighted by atomic mass is 10.1. The summed E-state index contributed by atoms with van der Waals surface area (Å²) in [4.78, 5) is 2.04. The van der Waals surface area contributed by atoms with E-state index in [0.717, 1.165) is 12.8 Å². The fourth-order valence-electron chi connectivity index (χ4n) is 2.62. The summed E-state index contributed by atoms with van der Waals surface area (Å²) in [5.41, 5.74) is 7.21. The highest BCUT2D eigenvalue weighted by Crippen LogP contribution is 2.34. The lowest BCUT2D eigenvalue weighted by Crippen LogP contribution is -2.36. The van der Waals surface area contributed by atoms with Gasteiger partial charge >= 0.3 is 0 Å². The van der Waals surface area contributed by atoms with Crippen molar-refractivity contribution in [2.75, 3.05) is 23.8 Å². The number of hydrogen-bond acceptors (Lipinski definition) is 3. The predicted molar refractivity (Wildman–Crippen MR) is 75.2 cm³/mol. The molecule has 0 atom stereocenters. The Kier molecular flexibility index (Phi) is 4.45. The molecular formula is C13H18BrFN2O. The Hall–Kier alpha value is -0.810. The second-order valence-corrected chi connectivity index (χ2v) is 5.53. The summed E-state index contributed by atoms with van der Waals surface area (Å²) in [6.07, 6.45) is 4.53. The number of halogens is 2. The van der Waals surface area contributed by atoms with Crippen LogP contribution in [0.2, 0.25) is 0 Å². The quantitative estimate of drug-likeness (QED) is 0.840. The van der Waals surface area contributed by atoms with Crippen LogP contribution in [0, 0.1) is 5.82 Å². The van der Waals surface area contributed by atoms with Crippen molar-refractivity contribution in [3.63, 3.8) is 0 Å². The summed E-state index contributed by atoms with van der Waals surface area (Å²) in [6, 6.07) is 3.40. The van der Waals surface area contributed by atoms with Gasteiger partial charge in [0.2, 0.25) is 0 Å². The summed E-state index contributed by atoms with van der Waals surface area (Å²) in [7, 11) is 0. The largest absolute Gasteiger partial charge is 0.397 e. The van der Waals surface area contributed by atoms with E-state index >= 15 is 0 Å². The highest BCUT2D eigenvalue weighted by atomic mass is 79.9. The number of rotatable bonds is 4. The van der Waals surface area contributed by atoms with E-state index < -0.39 is 0 Å². The summed E-state index contributed by atoms with van der Waals surface area (Å²) < 4.78 is 14.0. The molecule has 0 saturated heterocycles. The van der Waals surface area contributed by atoms with E-state index in [1.54, 1.807) is 6.07 Å². The maximum Gasteiger partial charge on any atom is 0.139 e. The van der Waals surface area contributed by atoms with Crippen LogP contribution >= 0.6 is 15.9 Å². The van der Waals surface area contributed by atoms with Crippen LogP contribution in [-0.2, 0) is 0 Å². The average molecular weight is 317 g/mol. The number of nitrogen functional groups attached to an aromatic ring is 1. The van der Waals surface area contributed by atoms with Crippen LogP contribution in [0.5, 0.6) is 0 Å². The first-order valence-electron chi connectivity index (χ1n) is 6.25. The minimum Gasteiger partial charge on any atom is -0.397 e. The van der Waals surface area contributed by atoms with Gasteiger partial charge in [0.25, 0.3) is 0 Å². The van der Waals surface area contributed by atoms with E-state index in [1.165, 1.54) is 18.9 Å². The monoisotopic (exact) mass is 316 g/mol. The van der Waals surface area contributed by atoms with Gasteiger partial charge in [0.15, 0.2) is 0 Å². The molecular weight excluding hydrogens is 299 g/mol. The van der Waals surface area contributed by atoms with E-state index in [-0.39, 0.29) is 12.4 Å². The van der Waals surface area contributed by atoms with Gasteiger partial charge in [-0.05, 0) is 34.8 Å². The average Bonchev–Trinajstić information content (AvgIpc) is 2.85. The van der Waals surface area contributed by atoms with E-state index in [0.29, 0.717) is 28.4 Å². The zero-order chi connectivity index (χ0) is 13.1. The third-order valence-corrected chi connectivity index (χ3v) is 4.09. The van der Waals surface area contributed by atoms with Crippen molar-refractivity contribution >= 4 is 27.3 Å². The Morgan fingerprint density at radius 2 is 2.06 bits per heavy atom. The molecule has 0 heterocycles. The molecule has 0 spiro atoms. The molecule has 18 heavy (non-hydrogen) atoms. The smallest absolute Gasteiger partial charge is 0.139 e. The number of nitrogens with two attached hydrogens (primary N) is 1. The molecule has 0 aliphatic heterocycles. The van der Waals surface area contributed by atoms with Gasteiger partial charge in [-0.15, -0.1) is 0 Å². The Morgan fingerprint density at radius 1 is 1.39 bits per heavy atom. The topological polar surface area (TPSA) is 49.5 Å². The van der Waals surface area contributed by atoms with Crippen molar-refractivity contribution in [2.24, 2.45) is 0 Å². The van der Waals surface area contributed by atoms with Gasteiger partial charge in [0, 0.05) is 18.7 Å². The lowest BCUT2D eigenvalue weighted by molar-refractivity contribution is 0.297. The molecule has 1 aliphatic rings. The molecule has 1 fully saturated rings. The van der Waals surface area contributed by atoms with Crippen LogP contribution in [-0.4, -0.2) is 24.3 Å². The third kappa shape index (κ3) is 2.78. The van der Waals surface area contributed by atoms with Gasteiger partial charge in [-0.2, -0.15) is 0 Å². The molecule has 1 saturated carbocycles. The summed E-state index contributed by atoms with van der Waals surface area (Å²) >= 11 is 3.13. The second kappa shape index (κ2) is 5.89. The van der Waals surface area contributed by atoms with E-state index in [2.05, 4.69) is 15.9 Å². The summed E-state index contributed by atoms with van der Waals surface area (Å²) in [5.74, 6) is -0.319. The molecule has 1 aromatic rings. The van der Waals surface area contributed by atoms with Crippen molar-refractivity contribution in [1.29, 1.82) is 0 Å². The van der Waals surface area contributed by atoms with Crippen molar-refractivity contribution in [1.82, 2.24) is 0 Å². The lowest BCUT2D eigenvalue weighted by Gasteiger charge is -2.31. The molecule has 0 aromatic heterocycles. The fourth-order valence-corrected chi connectivity index (χ4v) is 2.98. The van der Waals surface area contributed by atoms with Crippen molar-refractivity contribution < 1.29 is 9.50 Å². The Morgan fingerprint density at radius 3 is 2.67 bits per heavy atom. The Labute approximate surface area is 115 Å². The predicted octanol–water partition coefficient (Wildman–Crippen LogP) is 2.91. The standard InChI is InChI=1S/C13H18BrFN2O/c14-10-7-12(16)13(8-11(10)15)17(5-6-18)9-3-1-2-4-9/h7-9,18H,1-6,16H2. The summed E-state index contributed by atoms with van der Waals surface area (Å²) in [6.45, 7) is 0.545. The molecule has 1 aliphatic carbocycles. The van der Waals surface area contributed by atoms with Gasteiger partial charge in [-0.1, -0.05) is 12.8 Å². The third-order valence-electron chi connectivity index (χ3n) is 3.49. The molecule has 0 amide bonds.